The SMILES string of the molecule is CC(C)Cn1c(SCC(=O)Nc2ccc(F)c(Cl)c2)nnc1-c1ccncc1. The van der Waals surface area contributed by atoms with Gasteiger partial charge in [-0.1, -0.05) is 37.2 Å². The Kier molecular flexibility index (Phi) is 6.64. The molecule has 1 aromatic carbocycles. The highest BCUT2D eigenvalue weighted by molar-refractivity contribution is 7.99. The molecule has 2 aromatic heterocycles. The zero-order chi connectivity index (χ0) is 20.1. The molecule has 6 nitrogen and oxygen atoms in total. The maximum absolute atomic E-state index is 13.2. The summed E-state index contributed by atoms with van der Waals surface area (Å²) in [5.41, 5.74) is 1.36. The summed E-state index contributed by atoms with van der Waals surface area (Å²) < 4.78 is 15.2. The van der Waals surface area contributed by atoms with Gasteiger partial charge in [0.1, 0.15) is 5.82 Å². The van der Waals surface area contributed by atoms with Crippen LogP contribution in [0.15, 0.2) is 47.9 Å². The van der Waals surface area contributed by atoms with Crippen LogP contribution in [0.5, 0.6) is 0 Å². The lowest BCUT2D eigenvalue weighted by atomic mass is 10.2. The van der Waals surface area contributed by atoms with Crippen molar-refractivity contribution in [3.05, 3.63) is 53.6 Å². The fourth-order valence-corrected chi connectivity index (χ4v) is 3.47. The smallest absolute Gasteiger partial charge is 0.234 e. The summed E-state index contributed by atoms with van der Waals surface area (Å²) in [6.07, 6.45) is 3.41. The number of carbonyl (C=O) groups is 1. The Hall–Kier alpha value is -2.45. The van der Waals surface area contributed by atoms with Gasteiger partial charge in [0.2, 0.25) is 5.91 Å². The normalized spacial score (nSPS) is 11.0. The molecule has 0 saturated carbocycles. The number of pyridine rings is 1. The van der Waals surface area contributed by atoms with Gasteiger partial charge in [-0.15, -0.1) is 10.2 Å². The number of nitrogens with zero attached hydrogens (tertiary/aromatic N) is 4. The maximum atomic E-state index is 13.2. The Balaban J connectivity index is 1.72. The van der Waals surface area contributed by atoms with E-state index in [9.17, 15) is 9.18 Å². The van der Waals surface area contributed by atoms with Crippen molar-refractivity contribution < 1.29 is 9.18 Å². The molecule has 1 N–H and O–H groups in total. The summed E-state index contributed by atoms with van der Waals surface area (Å²) in [5.74, 6) is 0.494. The van der Waals surface area contributed by atoms with Crippen molar-refractivity contribution in [1.82, 2.24) is 19.7 Å². The second-order valence-corrected chi connectivity index (χ2v) is 7.86. The van der Waals surface area contributed by atoms with E-state index in [1.807, 2.05) is 16.7 Å². The average molecular weight is 420 g/mol. The molecule has 0 bridgehead atoms. The van der Waals surface area contributed by atoms with Crippen molar-refractivity contribution in [1.29, 1.82) is 0 Å². The van der Waals surface area contributed by atoms with Gasteiger partial charge in [-0.25, -0.2) is 4.39 Å². The molecule has 9 heteroatoms. The largest absolute Gasteiger partial charge is 0.325 e. The van der Waals surface area contributed by atoms with E-state index in [-0.39, 0.29) is 16.7 Å². The molecular weight excluding hydrogens is 401 g/mol. The third kappa shape index (κ3) is 5.08. The topological polar surface area (TPSA) is 72.7 Å². The molecule has 3 aromatic rings. The van der Waals surface area contributed by atoms with Gasteiger partial charge in [-0.2, -0.15) is 0 Å². The first-order chi connectivity index (χ1) is 13.4. The Labute approximate surface area is 171 Å². The van der Waals surface area contributed by atoms with Crippen molar-refractivity contribution in [2.24, 2.45) is 5.92 Å². The predicted octanol–water partition coefficient (Wildman–Crippen LogP) is 4.52. The average Bonchev–Trinajstić information content (AvgIpc) is 3.05. The van der Waals surface area contributed by atoms with Gasteiger partial charge in [-0.3, -0.25) is 9.78 Å². The van der Waals surface area contributed by atoms with Gasteiger partial charge in [0.05, 0.1) is 10.8 Å². The minimum Gasteiger partial charge on any atom is -0.325 e. The van der Waals surface area contributed by atoms with Crippen LogP contribution in [0, 0.1) is 11.7 Å². The van der Waals surface area contributed by atoms with Crippen molar-refractivity contribution in [2.75, 3.05) is 11.1 Å². The van der Waals surface area contributed by atoms with Crippen LogP contribution in [0.3, 0.4) is 0 Å². The Bertz CT molecular complexity index is 964. The highest BCUT2D eigenvalue weighted by Crippen LogP contribution is 2.25. The van der Waals surface area contributed by atoms with Crippen molar-refractivity contribution in [2.45, 2.75) is 25.5 Å². The molecule has 28 heavy (non-hydrogen) atoms. The summed E-state index contributed by atoms with van der Waals surface area (Å²) in [4.78, 5) is 16.3. The fraction of sp³-hybridized carbons (Fsp3) is 0.263. The predicted molar refractivity (Wildman–Crippen MR) is 109 cm³/mol. The molecule has 0 aliphatic heterocycles. The van der Waals surface area contributed by atoms with Crippen LogP contribution in [0.1, 0.15) is 13.8 Å². The maximum Gasteiger partial charge on any atom is 0.234 e. The number of halogens is 2. The minimum absolute atomic E-state index is 0.0378. The molecule has 3 rings (SSSR count). The highest BCUT2D eigenvalue weighted by atomic mass is 35.5. The fourth-order valence-electron chi connectivity index (χ4n) is 2.54. The van der Waals surface area contributed by atoms with Crippen LogP contribution >= 0.6 is 23.4 Å². The van der Waals surface area contributed by atoms with E-state index in [1.54, 1.807) is 12.4 Å². The van der Waals surface area contributed by atoms with Crippen LogP contribution in [0.2, 0.25) is 5.02 Å². The van der Waals surface area contributed by atoms with E-state index in [1.165, 1.54) is 30.0 Å². The molecule has 0 fully saturated rings. The molecule has 146 valence electrons. The number of anilines is 1. The number of hydrogen-bond acceptors (Lipinski definition) is 5. The number of nitrogens with one attached hydrogen (secondary N) is 1. The summed E-state index contributed by atoms with van der Waals surface area (Å²) in [7, 11) is 0. The lowest BCUT2D eigenvalue weighted by Crippen LogP contribution is -2.15. The third-order valence-electron chi connectivity index (χ3n) is 3.74. The van der Waals surface area contributed by atoms with Crippen molar-refractivity contribution in [3.8, 4) is 11.4 Å². The molecule has 0 radical (unpaired) electrons. The number of thioether (sulfide) groups is 1. The zero-order valence-electron chi connectivity index (χ0n) is 15.4. The first kappa shape index (κ1) is 20.3. The molecule has 0 saturated heterocycles. The highest BCUT2D eigenvalue weighted by Gasteiger charge is 2.16. The van der Waals surface area contributed by atoms with Crippen LogP contribution < -0.4 is 5.32 Å². The molecule has 0 aliphatic rings. The van der Waals surface area contributed by atoms with Crippen molar-refractivity contribution >= 4 is 35.0 Å². The van der Waals surface area contributed by atoms with Crippen LogP contribution in [0.4, 0.5) is 10.1 Å². The van der Waals surface area contributed by atoms with Gasteiger partial charge in [0, 0.05) is 30.2 Å². The monoisotopic (exact) mass is 419 g/mol. The van der Waals surface area contributed by atoms with E-state index in [2.05, 4.69) is 34.3 Å². The number of amides is 1. The molecule has 0 spiro atoms. The third-order valence-corrected chi connectivity index (χ3v) is 5.00. The zero-order valence-corrected chi connectivity index (χ0v) is 17.0. The molecule has 0 unspecified atom stereocenters. The lowest BCUT2D eigenvalue weighted by Gasteiger charge is -2.12. The summed E-state index contributed by atoms with van der Waals surface area (Å²) in [5, 5.41) is 11.9. The Morgan fingerprint density at radius 3 is 2.68 bits per heavy atom. The van der Waals surface area contributed by atoms with Gasteiger partial charge >= 0.3 is 0 Å². The van der Waals surface area contributed by atoms with Crippen LogP contribution in [0.25, 0.3) is 11.4 Å². The second kappa shape index (κ2) is 9.16. The quantitative estimate of drug-likeness (QED) is 0.570. The number of hydrogen-bond donors (Lipinski definition) is 1. The molecule has 2 heterocycles. The summed E-state index contributed by atoms with van der Waals surface area (Å²) in [6, 6.07) is 7.81. The first-order valence-corrected chi connectivity index (χ1v) is 10.0. The Morgan fingerprint density at radius 2 is 2.00 bits per heavy atom. The molecule has 0 aliphatic carbocycles. The number of aromatic nitrogens is 4. The number of benzene rings is 1. The standard InChI is InChI=1S/C19H19ClFN5OS/c1-12(2)10-26-18(13-5-7-22-8-6-13)24-25-19(26)28-11-17(27)23-14-3-4-16(21)15(20)9-14/h3-9,12H,10-11H2,1-2H3,(H,23,27). The van der Waals surface area contributed by atoms with Crippen LogP contribution in [-0.4, -0.2) is 31.4 Å². The van der Waals surface area contributed by atoms with E-state index < -0.39 is 5.82 Å². The van der Waals surface area contributed by atoms with E-state index in [0.29, 0.717) is 16.8 Å². The molecule has 0 atom stereocenters. The van der Waals surface area contributed by atoms with E-state index in [4.69, 9.17) is 11.6 Å². The van der Waals surface area contributed by atoms with Crippen molar-refractivity contribution in [3.63, 3.8) is 0 Å². The molecule has 1 amide bonds. The summed E-state index contributed by atoms with van der Waals surface area (Å²) >= 11 is 7.04. The Morgan fingerprint density at radius 1 is 1.25 bits per heavy atom. The first-order valence-electron chi connectivity index (χ1n) is 8.65. The van der Waals surface area contributed by atoms with Gasteiger partial charge in [0.25, 0.3) is 0 Å². The van der Waals surface area contributed by atoms with Gasteiger partial charge in [0.15, 0.2) is 11.0 Å². The van der Waals surface area contributed by atoms with Gasteiger partial charge < -0.3 is 9.88 Å². The van der Waals surface area contributed by atoms with Crippen LogP contribution in [-0.2, 0) is 11.3 Å². The number of rotatable bonds is 7. The minimum atomic E-state index is -0.528. The lowest BCUT2D eigenvalue weighted by molar-refractivity contribution is -0.113. The second-order valence-electron chi connectivity index (χ2n) is 6.51. The van der Waals surface area contributed by atoms with E-state index in [0.717, 1.165) is 17.9 Å². The summed E-state index contributed by atoms with van der Waals surface area (Å²) in [6.45, 7) is 4.94. The number of carbonyl (C=O) groups excluding carboxylic acids is 1. The van der Waals surface area contributed by atoms with E-state index >= 15 is 0 Å². The van der Waals surface area contributed by atoms with Gasteiger partial charge in [-0.05, 0) is 36.2 Å². The molecular formula is C19H19ClFN5OS.